The number of benzene rings is 3. The molecule has 2 unspecified atom stereocenters. The number of nitrogens with zero attached hydrogens (tertiary/aromatic N) is 8. The predicted octanol–water partition coefficient (Wildman–Crippen LogP) is 12.1. The van der Waals surface area contributed by atoms with E-state index in [2.05, 4.69) is 15.1 Å². The Kier molecular flexibility index (Phi) is 25.1. The molecule has 0 saturated carbocycles. The van der Waals surface area contributed by atoms with Crippen molar-refractivity contribution in [3.05, 3.63) is 88.7 Å². The van der Waals surface area contributed by atoms with Gasteiger partial charge in [-0.15, -0.1) is 12.4 Å². The first kappa shape index (κ1) is 75.3. The number of anilines is 3. The largest absolute Gasteiger partial charge is 0.450 e. The van der Waals surface area contributed by atoms with E-state index in [0.29, 0.717) is 70.8 Å². The number of ether oxygens (including phenoxy) is 3. The molecule has 19 nitrogen and oxygen atoms in total. The molecule has 0 aliphatic carbocycles. The fourth-order valence-corrected chi connectivity index (χ4v) is 15.9. The maximum absolute atomic E-state index is 14.1. The predicted molar refractivity (Wildman–Crippen MR) is 368 cm³/mol. The van der Waals surface area contributed by atoms with Gasteiger partial charge in [0, 0.05) is 138 Å². The second-order valence-corrected chi connectivity index (χ2v) is 29.6. The SMILES string of the molecule is CC(=O)N1CC2(CCN(C3CCCN(C(=O)OC(C)(C)C)CC3)CC2)c2cc(F)ccc21.CC(=O)N1CC2(CCNCC2)c2cc(F)ccc21.CC(C)(C)OC(=O)N1CCCC(=O)CC1.CCOC(=O)N1CCCC(N2CCC3(CC2)CN(C(C)=O)c2ccc(F)cc23)CC1.Cl. The lowest BCUT2D eigenvalue weighted by molar-refractivity contribution is -0.119. The third kappa shape index (κ3) is 18.2. The van der Waals surface area contributed by atoms with Crippen LogP contribution in [0.15, 0.2) is 54.6 Å². The van der Waals surface area contributed by atoms with E-state index in [0.717, 1.165) is 176 Å². The summed E-state index contributed by atoms with van der Waals surface area (Å²) in [4.78, 5) is 99.3. The Bertz CT molecular complexity index is 3250. The van der Waals surface area contributed by atoms with Gasteiger partial charge in [0.25, 0.3) is 0 Å². The van der Waals surface area contributed by atoms with Gasteiger partial charge in [0.15, 0.2) is 0 Å². The van der Waals surface area contributed by atoms with E-state index >= 15 is 0 Å². The van der Waals surface area contributed by atoms with Crippen molar-refractivity contribution in [2.75, 3.05) is 119 Å². The highest BCUT2D eigenvalue weighted by molar-refractivity contribution is 5.96. The standard InChI is InChI=1S/C25H36FN3O3.C23H32FN3O3.C14H17FN2O.C11H19NO3.ClH/c1-18(30)29-17-25(21-16-19(26)7-8-22(21)29)10-14-27(15-11-25)20-6-5-12-28(13-9-20)23(31)32-24(2,3)4;1-3-30-22(29)26-11-4-5-19(8-12-26)25-13-9-23(10-14-25)16-27(17(2)28)21-7-6-18(24)15-20(21)23;1-10(18)17-9-14(4-6-16-7-5-14)12-8-11(15)2-3-13(12)17;1-11(2,3)15-10(14)12-7-4-5-9(13)6-8-12;/h7-8,16,20H,5-6,9-15,17H2,1-4H3;6-7,15,19H,3-5,8-14,16H2,1-2H3;2-3,8,16H,4-7,9H2,1H3;4-8H2,1-3H3;1H. The molecule has 9 aliphatic heterocycles. The van der Waals surface area contributed by atoms with Gasteiger partial charge >= 0.3 is 18.3 Å². The first-order valence-electron chi connectivity index (χ1n) is 34.8. The van der Waals surface area contributed by atoms with E-state index < -0.39 is 11.2 Å². The average molecular weight is 1360 g/mol. The van der Waals surface area contributed by atoms with Crippen LogP contribution in [-0.4, -0.2) is 194 Å². The number of Topliss-reactive ketones (excluding diaryl/α,β-unsaturated/α-hetero) is 1. The highest BCUT2D eigenvalue weighted by Gasteiger charge is 2.49. The second-order valence-electron chi connectivity index (χ2n) is 29.6. The summed E-state index contributed by atoms with van der Waals surface area (Å²) in [6, 6.07) is 15.4. The van der Waals surface area contributed by atoms with Crippen LogP contribution in [0, 0.1) is 17.5 Å². The average Bonchev–Trinajstić information content (AvgIpc) is 1.60. The number of fused-ring (bicyclic) bond motifs is 6. The van der Waals surface area contributed by atoms with Crippen LogP contribution in [0.1, 0.15) is 182 Å². The summed E-state index contributed by atoms with van der Waals surface area (Å²) in [6.45, 7) is 29.9. The summed E-state index contributed by atoms with van der Waals surface area (Å²) < 4.78 is 57.6. The van der Waals surface area contributed by atoms with Crippen LogP contribution < -0.4 is 20.0 Å². The van der Waals surface area contributed by atoms with Crippen LogP contribution in [0.2, 0.25) is 0 Å². The van der Waals surface area contributed by atoms with Gasteiger partial charge in [-0.1, -0.05) is 0 Å². The number of rotatable bonds is 3. The van der Waals surface area contributed by atoms with Crippen molar-refractivity contribution in [2.24, 2.45) is 0 Å². The number of halogens is 4. The number of carbonyl (C=O) groups excluding carboxylic acids is 7. The van der Waals surface area contributed by atoms with Crippen molar-refractivity contribution in [1.82, 2.24) is 29.8 Å². The number of hydrogen-bond donors (Lipinski definition) is 1. The van der Waals surface area contributed by atoms with Gasteiger partial charge in [-0.25, -0.2) is 27.6 Å². The normalized spacial score (nSPS) is 22.2. The Morgan fingerprint density at radius 2 is 0.833 bits per heavy atom. The van der Waals surface area contributed by atoms with Crippen LogP contribution in [-0.2, 0) is 49.6 Å². The topological polar surface area (TPSA) is 185 Å². The second kappa shape index (κ2) is 32.0. The molecular weight excluding hydrogens is 1260 g/mol. The number of ketones is 1. The lowest BCUT2D eigenvalue weighted by atomic mass is 9.74. The summed E-state index contributed by atoms with van der Waals surface area (Å²) in [7, 11) is 0. The van der Waals surface area contributed by atoms with Gasteiger partial charge in [0.2, 0.25) is 17.7 Å². The number of likely N-dealkylation sites (tertiary alicyclic amines) is 5. The summed E-state index contributed by atoms with van der Waals surface area (Å²) in [5.41, 5.74) is 4.33. The molecule has 3 aromatic carbocycles. The molecule has 2 atom stereocenters. The van der Waals surface area contributed by atoms with Crippen LogP contribution in [0.25, 0.3) is 0 Å². The van der Waals surface area contributed by atoms with E-state index in [1.54, 1.807) is 67.0 Å². The van der Waals surface area contributed by atoms with Gasteiger partial charge in [0.1, 0.15) is 34.4 Å². The Labute approximate surface area is 572 Å². The molecule has 0 radical (unpaired) electrons. The summed E-state index contributed by atoms with van der Waals surface area (Å²) in [6.07, 6.45) is 12.7. The molecule has 1 N–H and O–H groups in total. The van der Waals surface area contributed by atoms with Crippen molar-refractivity contribution in [3.63, 3.8) is 0 Å². The van der Waals surface area contributed by atoms with Crippen molar-refractivity contribution >= 4 is 71.3 Å². The minimum atomic E-state index is -0.477. The van der Waals surface area contributed by atoms with Crippen LogP contribution >= 0.6 is 12.4 Å². The van der Waals surface area contributed by atoms with Crippen LogP contribution in [0.4, 0.5) is 44.6 Å². The zero-order valence-corrected chi connectivity index (χ0v) is 59.3. The Balaban J connectivity index is 0.000000170. The first-order valence-corrected chi connectivity index (χ1v) is 34.8. The fourth-order valence-electron chi connectivity index (χ4n) is 15.9. The molecule has 6 amide bonds. The molecule has 530 valence electrons. The molecule has 9 aliphatic rings. The molecule has 6 saturated heterocycles. The molecule has 3 spiro atoms. The Hall–Kier alpha value is -6.49. The first-order chi connectivity index (χ1) is 45.0. The van der Waals surface area contributed by atoms with Gasteiger partial charge in [-0.3, -0.25) is 19.2 Å². The summed E-state index contributed by atoms with van der Waals surface area (Å²) in [5.74, 6) is -0.365. The molecule has 12 rings (SSSR count). The number of nitrogens with one attached hydrogen (secondary N) is 1. The maximum Gasteiger partial charge on any atom is 0.410 e. The smallest absolute Gasteiger partial charge is 0.410 e. The van der Waals surface area contributed by atoms with E-state index in [9.17, 15) is 46.7 Å². The van der Waals surface area contributed by atoms with Crippen molar-refractivity contribution < 1.29 is 60.9 Å². The molecule has 9 heterocycles. The highest BCUT2D eigenvalue weighted by atomic mass is 35.5. The highest BCUT2D eigenvalue weighted by Crippen LogP contribution is 2.50. The quantitative estimate of drug-likeness (QED) is 0.245. The molecule has 3 aromatic rings. The maximum atomic E-state index is 14.1. The number of amides is 6. The molecule has 6 fully saturated rings. The minimum absolute atomic E-state index is 0. The lowest BCUT2D eigenvalue weighted by Gasteiger charge is -2.43. The van der Waals surface area contributed by atoms with Gasteiger partial charge in [0.05, 0.1) is 6.61 Å². The molecule has 23 heteroatoms. The summed E-state index contributed by atoms with van der Waals surface area (Å²) >= 11 is 0. The van der Waals surface area contributed by atoms with E-state index in [1.807, 2.05) is 68.1 Å². The molecule has 96 heavy (non-hydrogen) atoms. The van der Waals surface area contributed by atoms with Crippen molar-refractivity contribution in [2.45, 2.75) is 205 Å². The third-order valence-electron chi connectivity index (χ3n) is 20.9. The molecular formula is C73H105ClF3N9O10. The molecule has 0 aromatic heterocycles. The fraction of sp³-hybridized carbons (Fsp3) is 0.658. The number of piperidine rings is 3. The molecule has 0 bridgehead atoms. The lowest BCUT2D eigenvalue weighted by Crippen LogP contribution is -2.49. The Morgan fingerprint density at radius 1 is 0.479 bits per heavy atom. The zero-order valence-electron chi connectivity index (χ0n) is 58.5. The van der Waals surface area contributed by atoms with Crippen molar-refractivity contribution in [1.29, 1.82) is 0 Å². The van der Waals surface area contributed by atoms with Gasteiger partial charge < -0.3 is 58.7 Å². The minimum Gasteiger partial charge on any atom is -0.450 e. The zero-order chi connectivity index (χ0) is 68.6. The van der Waals surface area contributed by atoms with Crippen molar-refractivity contribution in [3.8, 4) is 0 Å². The van der Waals surface area contributed by atoms with Crippen LogP contribution in [0.5, 0.6) is 0 Å². The van der Waals surface area contributed by atoms with E-state index in [1.165, 1.54) is 18.2 Å². The monoisotopic (exact) mass is 1360 g/mol. The van der Waals surface area contributed by atoms with E-state index in [4.69, 9.17) is 14.2 Å². The number of carbonyl (C=O) groups is 7. The van der Waals surface area contributed by atoms with E-state index in [-0.39, 0.29) is 87.9 Å². The van der Waals surface area contributed by atoms with Crippen LogP contribution in [0.3, 0.4) is 0 Å². The number of hydrogen-bond acceptors (Lipinski definition) is 13. The Morgan fingerprint density at radius 3 is 1.20 bits per heavy atom. The summed E-state index contributed by atoms with van der Waals surface area (Å²) in [5, 5.41) is 3.33. The van der Waals surface area contributed by atoms with Gasteiger partial charge in [-0.05, 0) is 242 Å². The van der Waals surface area contributed by atoms with Gasteiger partial charge in [-0.2, -0.15) is 0 Å². The third-order valence-corrected chi connectivity index (χ3v) is 20.9.